The molecule has 4 rings (SSSR count). The fourth-order valence-electron chi connectivity index (χ4n) is 3.70. The zero-order chi connectivity index (χ0) is 17.8. The van der Waals surface area contributed by atoms with Gasteiger partial charge in [-0.1, -0.05) is 30.3 Å². The molecule has 3 heterocycles. The van der Waals surface area contributed by atoms with Crippen molar-refractivity contribution in [3.05, 3.63) is 41.4 Å². The molecule has 0 saturated carbocycles. The second-order valence-corrected chi connectivity index (χ2v) is 7.74. The van der Waals surface area contributed by atoms with Crippen LogP contribution in [0.4, 0.5) is 0 Å². The smallest absolute Gasteiger partial charge is 0.191 e. The summed E-state index contributed by atoms with van der Waals surface area (Å²) in [5.74, 6) is 0.896. The zero-order valence-electron chi connectivity index (χ0n) is 15.6. The minimum absolute atomic E-state index is 0. The topological polar surface area (TPSA) is 58.5 Å². The van der Waals surface area contributed by atoms with Crippen LogP contribution < -0.4 is 10.6 Å². The average molecular weight is 498 g/mol. The van der Waals surface area contributed by atoms with Crippen LogP contribution in [0.2, 0.25) is 0 Å². The Hall–Kier alpha value is -1.19. The normalized spacial score (nSPS) is 23.9. The Morgan fingerprint density at radius 1 is 1.30 bits per heavy atom. The molecule has 2 aliphatic rings. The highest BCUT2D eigenvalue weighted by molar-refractivity contribution is 14.0. The van der Waals surface area contributed by atoms with Gasteiger partial charge in [0.2, 0.25) is 0 Å². The van der Waals surface area contributed by atoms with E-state index in [4.69, 9.17) is 14.7 Å². The second kappa shape index (κ2) is 9.84. The van der Waals surface area contributed by atoms with Gasteiger partial charge in [-0.15, -0.1) is 35.3 Å². The summed E-state index contributed by atoms with van der Waals surface area (Å²) in [5, 5.41) is 10.1. The molecule has 146 valence electrons. The van der Waals surface area contributed by atoms with Crippen LogP contribution >= 0.6 is 35.3 Å². The summed E-state index contributed by atoms with van der Waals surface area (Å²) in [4.78, 5) is 9.49. The summed E-state index contributed by atoms with van der Waals surface area (Å²) in [6.45, 7) is 3.69. The summed E-state index contributed by atoms with van der Waals surface area (Å²) in [6.07, 6.45) is 5.14. The molecule has 0 aliphatic carbocycles. The lowest BCUT2D eigenvalue weighted by Gasteiger charge is -2.22. The quantitative estimate of drug-likeness (QED) is 0.361. The lowest BCUT2D eigenvalue weighted by Crippen LogP contribution is -2.47. The van der Waals surface area contributed by atoms with E-state index in [0.29, 0.717) is 18.2 Å². The summed E-state index contributed by atoms with van der Waals surface area (Å²) in [7, 11) is 0. The van der Waals surface area contributed by atoms with Gasteiger partial charge in [-0.3, -0.25) is 4.99 Å². The molecule has 3 atom stereocenters. The predicted octanol–water partition coefficient (Wildman–Crippen LogP) is 3.85. The maximum atomic E-state index is 5.93. The van der Waals surface area contributed by atoms with Crippen LogP contribution in [0.15, 0.2) is 40.7 Å². The van der Waals surface area contributed by atoms with Crippen LogP contribution in [-0.4, -0.2) is 42.3 Å². The number of guanidine groups is 1. The number of ether oxygens (including phenoxy) is 1. The monoisotopic (exact) mass is 498 g/mol. The van der Waals surface area contributed by atoms with Gasteiger partial charge < -0.3 is 15.4 Å². The molecule has 2 bridgehead atoms. The SMILES string of the molecule is CCNC(=NCCc1csc(-c2ccccc2)n1)NC1CC2CCC1O2.I. The highest BCUT2D eigenvalue weighted by atomic mass is 127. The van der Waals surface area contributed by atoms with Crippen molar-refractivity contribution in [3.63, 3.8) is 0 Å². The van der Waals surface area contributed by atoms with Crippen molar-refractivity contribution in [2.75, 3.05) is 13.1 Å². The third kappa shape index (κ3) is 5.20. The van der Waals surface area contributed by atoms with E-state index in [1.807, 2.05) is 6.07 Å². The molecule has 7 heteroatoms. The van der Waals surface area contributed by atoms with Crippen LogP contribution in [0.3, 0.4) is 0 Å². The standard InChI is InChI=1S/C20H26N4OS.HI/c1-2-21-20(24-17-12-16-8-9-18(17)25-16)22-11-10-15-13-26-19(23-15)14-6-4-3-5-7-14;/h3-7,13,16-18H,2,8-12H2,1H3,(H2,21,22,24);1H. The molecule has 0 spiro atoms. The molecule has 27 heavy (non-hydrogen) atoms. The van der Waals surface area contributed by atoms with E-state index >= 15 is 0 Å². The fourth-order valence-corrected chi connectivity index (χ4v) is 4.56. The minimum atomic E-state index is 0. The molecular formula is C20H27IN4OS. The number of nitrogens with zero attached hydrogens (tertiary/aromatic N) is 2. The van der Waals surface area contributed by atoms with Crippen molar-refractivity contribution in [2.45, 2.75) is 50.9 Å². The number of thiazole rings is 1. The molecule has 2 aromatic rings. The Morgan fingerprint density at radius 3 is 2.85 bits per heavy atom. The van der Waals surface area contributed by atoms with Crippen LogP contribution in [0.25, 0.3) is 10.6 Å². The third-order valence-corrected chi connectivity index (χ3v) is 5.92. The first kappa shape index (κ1) is 20.5. The highest BCUT2D eigenvalue weighted by Gasteiger charge is 2.41. The molecule has 1 aromatic carbocycles. The van der Waals surface area contributed by atoms with Crippen molar-refractivity contribution in [1.82, 2.24) is 15.6 Å². The molecule has 2 fully saturated rings. The van der Waals surface area contributed by atoms with Gasteiger partial charge in [-0.25, -0.2) is 4.98 Å². The predicted molar refractivity (Wildman–Crippen MR) is 122 cm³/mol. The Morgan fingerprint density at radius 2 is 2.15 bits per heavy atom. The zero-order valence-corrected chi connectivity index (χ0v) is 18.7. The van der Waals surface area contributed by atoms with Crippen molar-refractivity contribution in [1.29, 1.82) is 0 Å². The lowest BCUT2D eigenvalue weighted by molar-refractivity contribution is 0.0992. The van der Waals surface area contributed by atoms with E-state index < -0.39 is 0 Å². The number of hydrogen-bond donors (Lipinski definition) is 2. The van der Waals surface area contributed by atoms with E-state index in [2.05, 4.69) is 47.2 Å². The van der Waals surface area contributed by atoms with Crippen LogP contribution in [-0.2, 0) is 11.2 Å². The van der Waals surface area contributed by atoms with Crippen LogP contribution in [0.1, 0.15) is 31.9 Å². The summed E-state index contributed by atoms with van der Waals surface area (Å²) in [5.41, 5.74) is 2.29. The second-order valence-electron chi connectivity index (χ2n) is 6.88. The van der Waals surface area contributed by atoms with Gasteiger partial charge in [0.1, 0.15) is 5.01 Å². The summed E-state index contributed by atoms with van der Waals surface area (Å²) in [6, 6.07) is 10.7. The Bertz CT molecular complexity index is 751. The first-order chi connectivity index (χ1) is 12.8. The maximum absolute atomic E-state index is 5.93. The average Bonchev–Trinajstić information content (AvgIpc) is 3.39. The van der Waals surface area contributed by atoms with Gasteiger partial charge in [0, 0.05) is 30.5 Å². The van der Waals surface area contributed by atoms with Crippen molar-refractivity contribution >= 4 is 41.3 Å². The molecule has 0 radical (unpaired) electrons. The first-order valence-corrected chi connectivity index (χ1v) is 10.4. The molecule has 2 aliphatic heterocycles. The largest absolute Gasteiger partial charge is 0.373 e. The number of rotatable bonds is 6. The maximum Gasteiger partial charge on any atom is 0.191 e. The van der Waals surface area contributed by atoms with E-state index in [9.17, 15) is 0 Å². The number of hydrogen-bond acceptors (Lipinski definition) is 4. The molecule has 0 amide bonds. The van der Waals surface area contributed by atoms with Gasteiger partial charge in [0.05, 0.1) is 23.9 Å². The Labute approximate surface area is 182 Å². The molecule has 3 unspecified atom stereocenters. The summed E-state index contributed by atoms with van der Waals surface area (Å²) < 4.78 is 5.93. The van der Waals surface area contributed by atoms with E-state index in [1.165, 1.54) is 18.4 Å². The Kier molecular flexibility index (Phi) is 7.49. The van der Waals surface area contributed by atoms with Crippen LogP contribution in [0.5, 0.6) is 0 Å². The number of aliphatic imine (C=N–C) groups is 1. The first-order valence-electron chi connectivity index (χ1n) is 9.52. The third-order valence-electron chi connectivity index (χ3n) is 4.98. The van der Waals surface area contributed by atoms with Crippen molar-refractivity contribution in [2.24, 2.45) is 4.99 Å². The van der Waals surface area contributed by atoms with Crippen molar-refractivity contribution < 1.29 is 4.74 Å². The number of aromatic nitrogens is 1. The minimum Gasteiger partial charge on any atom is -0.373 e. The van der Waals surface area contributed by atoms with Crippen molar-refractivity contribution in [3.8, 4) is 10.6 Å². The molecule has 1 aromatic heterocycles. The molecular weight excluding hydrogens is 471 g/mol. The van der Waals surface area contributed by atoms with Gasteiger partial charge in [-0.05, 0) is 26.2 Å². The number of benzene rings is 1. The van der Waals surface area contributed by atoms with E-state index in [1.54, 1.807) is 11.3 Å². The number of nitrogens with one attached hydrogen (secondary N) is 2. The molecule has 5 nitrogen and oxygen atoms in total. The highest BCUT2D eigenvalue weighted by Crippen LogP contribution is 2.34. The number of halogens is 1. The molecule has 2 N–H and O–H groups in total. The fraction of sp³-hybridized carbons (Fsp3) is 0.500. The van der Waals surface area contributed by atoms with Gasteiger partial charge in [0.15, 0.2) is 5.96 Å². The van der Waals surface area contributed by atoms with E-state index in [0.717, 1.165) is 42.6 Å². The lowest BCUT2D eigenvalue weighted by atomic mass is 9.96. The number of fused-ring (bicyclic) bond motifs is 2. The molecule has 2 saturated heterocycles. The van der Waals surface area contributed by atoms with Gasteiger partial charge in [-0.2, -0.15) is 0 Å². The van der Waals surface area contributed by atoms with Gasteiger partial charge in [0.25, 0.3) is 0 Å². The Balaban J connectivity index is 0.00000210. The summed E-state index contributed by atoms with van der Waals surface area (Å²) >= 11 is 1.70. The van der Waals surface area contributed by atoms with Crippen LogP contribution in [0, 0.1) is 0 Å². The van der Waals surface area contributed by atoms with E-state index in [-0.39, 0.29) is 24.0 Å². The van der Waals surface area contributed by atoms with Gasteiger partial charge >= 0.3 is 0 Å².